The number of hydrogen-bond acceptors (Lipinski definition) is 4. The third kappa shape index (κ3) is 4.55. The van der Waals surface area contributed by atoms with Crippen molar-refractivity contribution in [3.63, 3.8) is 0 Å². The second-order valence-electron chi connectivity index (χ2n) is 5.59. The fraction of sp³-hybridized carbons (Fsp3) is 0.353. The first-order chi connectivity index (χ1) is 11.4. The Morgan fingerprint density at radius 1 is 1.33 bits per heavy atom. The Bertz CT molecular complexity index is 725. The molecule has 0 fully saturated rings. The number of aromatic nitrogens is 1. The number of halogens is 1. The molecule has 1 atom stereocenters. The quantitative estimate of drug-likeness (QED) is 0.777. The highest BCUT2D eigenvalue weighted by Crippen LogP contribution is 2.27. The summed E-state index contributed by atoms with van der Waals surface area (Å²) in [7, 11) is 0. The molecule has 7 heteroatoms. The SMILES string of the molecule is CCCC(C)C(=O)Nc1ncc(C(=O)Nc2c(C)cccc2Cl)s1. The first-order valence-electron chi connectivity index (χ1n) is 7.75. The van der Waals surface area contributed by atoms with E-state index in [-0.39, 0.29) is 17.7 Å². The van der Waals surface area contributed by atoms with Crippen molar-refractivity contribution >= 4 is 45.6 Å². The minimum Gasteiger partial charge on any atom is -0.320 e. The molecule has 1 aromatic heterocycles. The number of benzene rings is 1. The van der Waals surface area contributed by atoms with Crippen LogP contribution in [0.1, 0.15) is 41.9 Å². The van der Waals surface area contributed by atoms with Gasteiger partial charge in [0.15, 0.2) is 5.13 Å². The Balaban J connectivity index is 2.05. The molecule has 2 rings (SSSR count). The lowest BCUT2D eigenvalue weighted by Gasteiger charge is -2.09. The highest BCUT2D eigenvalue weighted by molar-refractivity contribution is 7.17. The van der Waals surface area contributed by atoms with Gasteiger partial charge in [0.05, 0.1) is 16.9 Å². The van der Waals surface area contributed by atoms with Crippen molar-refractivity contribution < 1.29 is 9.59 Å². The van der Waals surface area contributed by atoms with Crippen LogP contribution in [-0.2, 0) is 4.79 Å². The van der Waals surface area contributed by atoms with E-state index in [0.717, 1.165) is 29.7 Å². The number of aryl methyl sites for hydroxylation is 1. The van der Waals surface area contributed by atoms with Crippen LogP contribution >= 0.6 is 22.9 Å². The molecule has 0 bridgehead atoms. The molecular formula is C17H20ClN3O2S. The predicted octanol–water partition coefficient (Wildman–Crippen LogP) is 4.73. The van der Waals surface area contributed by atoms with E-state index in [1.54, 1.807) is 6.07 Å². The summed E-state index contributed by atoms with van der Waals surface area (Å²) >= 11 is 7.25. The number of rotatable bonds is 6. The van der Waals surface area contributed by atoms with Crippen molar-refractivity contribution in [3.8, 4) is 0 Å². The van der Waals surface area contributed by atoms with Crippen LogP contribution in [0.2, 0.25) is 5.02 Å². The Morgan fingerprint density at radius 2 is 2.08 bits per heavy atom. The summed E-state index contributed by atoms with van der Waals surface area (Å²) in [5, 5.41) is 6.44. The molecule has 1 aromatic carbocycles. The maximum atomic E-state index is 12.3. The monoisotopic (exact) mass is 365 g/mol. The number of carbonyl (C=O) groups is 2. The number of nitrogens with zero attached hydrogens (tertiary/aromatic N) is 1. The van der Waals surface area contributed by atoms with Gasteiger partial charge in [0.2, 0.25) is 5.91 Å². The average Bonchev–Trinajstić information content (AvgIpc) is 2.99. The zero-order valence-electron chi connectivity index (χ0n) is 13.9. The number of amides is 2. The summed E-state index contributed by atoms with van der Waals surface area (Å²) in [6.07, 6.45) is 3.21. The molecule has 24 heavy (non-hydrogen) atoms. The van der Waals surface area contributed by atoms with E-state index in [0.29, 0.717) is 20.7 Å². The van der Waals surface area contributed by atoms with Gasteiger partial charge in [-0.1, -0.05) is 55.3 Å². The van der Waals surface area contributed by atoms with Gasteiger partial charge < -0.3 is 10.6 Å². The fourth-order valence-corrected chi connectivity index (χ4v) is 3.18. The Labute approximate surface area is 150 Å². The Morgan fingerprint density at radius 3 is 2.75 bits per heavy atom. The van der Waals surface area contributed by atoms with E-state index in [9.17, 15) is 9.59 Å². The van der Waals surface area contributed by atoms with Gasteiger partial charge in [0.1, 0.15) is 4.88 Å². The van der Waals surface area contributed by atoms with Gasteiger partial charge in [-0.15, -0.1) is 0 Å². The summed E-state index contributed by atoms with van der Waals surface area (Å²) in [4.78, 5) is 28.9. The minimum absolute atomic E-state index is 0.0815. The number of hydrogen-bond donors (Lipinski definition) is 2. The smallest absolute Gasteiger partial charge is 0.267 e. The Kier molecular flexibility index (Phi) is 6.34. The average molecular weight is 366 g/mol. The van der Waals surface area contributed by atoms with E-state index in [2.05, 4.69) is 15.6 Å². The summed E-state index contributed by atoms with van der Waals surface area (Å²) in [5.41, 5.74) is 1.46. The molecule has 0 aliphatic rings. The molecular weight excluding hydrogens is 346 g/mol. The van der Waals surface area contributed by atoms with Gasteiger partial charge in [-0.25, -0.2) is 4.98 Å². The van der Waals surface area contributed by atoms with Gasteiger partial charge in [0, 0.05) is 5.92 Å². The zero-order chi connectivity index (χ0) is 17.7. The van der Waals surface area contributed by atoms with E-state index in [4.69, 9.17) is 11.6 Å². The van der Waals surface area contributed by atoms with Crippen molar-refractivity contribution in [2.24, 2.45) is 5.92 Å². The Hall–Kier alpha value is -1.92. The van der Waals surface area contributed by atoms with Gasteiger partial charge in [-0.2, -0.15) is 0 Å². The summed E-state index contributed by atoms with van der Waals surface area (Å²) in [5.74, 6) is -0.465. The first kappa shape index (κ1) is 18.4. The topological polar surface area (TPSA) is 71.1 Å². The minimum atomic E-state index is -0.300. The van der Waals surface area contributed by atoms with Crippen LogP contribution in [0.15, 0.2) is 24.4 Å². The lowest BCUT2D eigenvalue weighted by molar-refractivity contribution is -0.119. The highest BCUT2D eigenvalue weighted by atomic mass is 35.5. The van der Waals surface area contributed by atoms with Crippen molar-refractivity contribution in [1.29, 1.82) is 0 Å². The first-order valence-corrected chi connectivity index (χ1v) is 8.95. The summed E-state index contributed by atoms with van der Waals surface area (Å²) in [6.45, 7) is 5.78. The van der Waals surface area contributed by atoms with Crippen LogP contribution in [-0.4, -0.2) is 16.8 Å². The second-order valence-corrected chi connectivity index (χ2v) is 7.03. The van der Waals surface area contributed by atoms with Crippen LogP contribution in [0.25, 0.3) is 0 Å². The highest BCUT2D eigenvalue weighted by Gasteiger charge is 2.17. The van der Waals surface area contributed by atoms with Crippen LogP contribution in [0.4, 0.5) is 10.8 Å². The van der Waals surface area contributed by atoms with Crippen LogP contribution in [0, 0.1) is 12.8 Å². The molecule has 0 radical (unpaired) electrons. The maximum Gasteiger partial charge on any atom is 0.267 e. The third-order valence-electron chi connectivity index (χ3n) is 3.59. The van der Waals surface area contributed by atoms with Gasteiger partial charge >= 0.3 is 0 Å². The fourth-order valence-electron chi connectivity index (χ4n) is 2.19. The molecule has 0 saturated heterocycles. The van der Waals surface area contributed by atoms with E-state index in [1.165, 1.54) is 6.20 Å². The van der Waals surface area contributed by atoms with Crippen LogP contribution < -0.4 is 10.6 Å². The molecule has 0 aliphatic heterocycles. The number of thiazole rings is 1. The number of para-hydroxylation sites is 1. The van der Waals surface area contributed by atoms with Gasteiger partial charge in [0.25, 0.3) is 5.91 Å². The molecule has 5 nitrogen and oxygen atoms in total. The molecule has 0 spiro atoms. The maximum absolute atomic E-state index is 12.3. The molecule has 1 heterocycles. The van der Waals surface area contributed by atoms with Crippen molar-refractivity contribution in [3.05, 3.63) is 39.9 Å². The largest absolute Gasteiger partial charge is 0.320 e. The third-order valence-corrected chi connectivity index (χ3v) is 4.82. The molecule has 0 saturated carbocycles. The number of nitrogens with one attached hydrogen (secondary N) is 2. The normalized spacial score (nSPS) is 11.8. The molecule has 2 amide bonds. The van der Waals surface area contributed by atoms with E-state index < -0.39 is 0 Å². The molecule has 2 N–H and O–H groups in total. The van der Waals surface area contributed by atoms with E-state index >= 15 is 0 Å². The lowest BCUT2D eigenvalue weighted by atomic mass is 10.1. The summed E-state index contributed by atoms with van der Waals surface area (Å²) < 4.78 is 0. The molecule has 1 unspecified atom stereocenters. The number of carbonyl (C=O) groups excluding carboxylic acids is 2. The van der Waals surface area contributed by atoms with Gasteiger partial charge in [-0.05, 0) is 25.0 Å². The van der Waals surface area contributed by atoms with Crippen LogP contribution in [0.5, 0.6) is 0 Å². The zero-order valence-corrected chi connectivity index (χ0v) is 15.4. The second kappa shape index (κ2) is 8.26. The lowest BCUT2D eigenvalue weighted by Crippen LogP contribution is -2.19. The van der Waals surface area contributed by atoms with Crippen LogP contribution in [0.3, 0.4) is 0 Å². The van der Waals surface area contributed by atoms with Crippen molar-refractivity contribution in [1.82, 2.24) is 4.98 Å². The predicted molar refractivity (Wildman–Crippen MR) is 99.0 cm³/mol. The molecule has 128 valence electrons. The van der Waals surface area contributed by atoms with Gasteiger partial charge in [-0.3, -0.25) is 9.59 Å². The number of anilines is 2. The molecule has 2 aromatic rings. The van der Waals surface area contributed by atoms with Crippen molar-refractivity contribution in [2.45, 2.75) is 33.6 Å². The standard InChI is InChI=1S/C17H20ClN3O2S/c1-4-6-11(3)15(22)21-17-19-9-13(24-17)16(23)20-14-10(2)7-5-8-12(14)18/h5,7-9,11H,4,6H2,1-3H3,(H,20,23)(H,19,21,22). The van der Waals surface area contributed by atoms with Crippen molar-refractivity contribution in [2.75, 3.05) is 10.6 Å². The molecule has 0 aliphatic carbocycles. The van der Waals surface area contributed by atoms with E-state index in [1.807, 2.05) is 32.9 Å². The summed E-state index contributed by atoms with van der Waals surface area (Å²) in [6, 6.07) is 5.41.